The van der Waals surface area contributed by atoms with Crippen LogP contribution in [-0.4, -0.2) is 59.5 Å². The molecule has 0 radical (unpaired) electrons. The summed E-state index contributed by atoms with van der Waals surface area (Å²) in [6.07, 6.45) is 1.16. The molecule has 3 aromatic carbocycles. The van der Waals surface area contributed by atoms with E-state index in [1.807, 2.05) is 57.0 Å². The Balaban J connectivity index is 1.71. The van der Waals surface area contributed by atoms with Gasteiger partial charge in [0.1, 0.15) is 12.3 Å². The van der Waals surface area contributed by atoms with Crippen LogP contribution in [0.5, 0.6) is 0 Å². The van der Waals surface area contributed by atoms with Gasteiger partial charge in [-0.25, -0.2) is 9.80 Å². The van der Waals surface area contributed by atoms with Crippen molar-refractivity contribution in [2.24, 2.45) is 11.3 Å². The van der Waals surface area contributed by atoms with Crippen LogP contribution in [0.15, 0.2) is 72.8 Å². The van der Waals surface area contributed by atoms with E-state index < -0.39 is 23.0 Å². The minimum absolute atomic E-state index is 0.153. The highest BCUT2D eigenvalue weighted by atomic mass is 35.5. The minimum Gasteiger partial charge on any atom is -0.465 e. The van der Waals surface area contributed by atoms with Crippen molar-refractivity contribution in [1.82, 2.24) is 10.0 Å². The zero-order valence-corrected chi connectivity index (χ0v) is 24.9. The third kappa shape index (κ3) is 5.94. The van der Waals surface area contributed by atoms with Crippen LogP contribution < -0.4 is 0 Å². The largest absolute Gasteiger partial charge is 0.465 e. The van der Waals surface area contributed by atoms with Crippen molar-refractivity contribution in [2.45, 2.75) is 45.8 Å². The lowest BCUT2D eigenvalue weighted by atomic mass is 9.67. The molecular formula is C33H37ClN2O5. The number of halogens is 1. The molecule has 2 atom stereocenters. The van der Waals surface area contributed by atoms with Crippen LogP contribution in [0.4, 0.5) is 0 Å². The summed E-state index contributed by atoms with van der Waals surface area (Å²) in [6, 6.07) is 20.6. The molecule has 0 aliphatic carbocycles. The molecule has 1 heterocycles. The number of ether oxygens (including phenoxy) is 1. The van der Waals surface area contributed by atoms with Crippen LogP contribution in [0.3, 0.4) is 0 Å². The second kappa shape index (κ2) is 12.1. The molecule has 1 aliphatic heterocycles. The Kier molecular flexibility index (Phi) is 9.02. The predicted molar refractivity (Wildman–Crippen MR) is 159 cm³/mol. The Morgan fingerprint density at radius 2 is 1.73 bits per heavy atom. The van der Waals surface area contributed by atoms with E-state index in [0.29, 0.717) is 46.8 Å². The zero-order chi connectivity index (χ0) is 29.9. The van der Waals surface area contributed by atoms with Gasteiger partial charge in [-0.05, 0) is 59.4 Å². The van der Waals surface area contributed by atoms with E-state index in [1.165, 1.54) is 7.11 Å². The molecule has 7 nitrogen and oxygen atoms in total. The molecule has 1 fully saturated rings. The molecule has 0 bridgehead atoms. The summed E-state index contributed by atoms with van der Waals surface area (Å²) in [7, 11) is 1.33. The third-order valence-electron chi connectivity index (χ3n) is 8.12. The second-order valence-corrected chi connectivity index (χ2v) is 12.0. The molecule has 1 aliphatic rings. The summed E-state index contributed by atoms with van der Waals surface area (Å²) in [5.41, 5.74) is 1.02. The first-order valence-electron chi connectivity index (χ1n) is 13.7. The molecule has 0 aromatic heterocycles. The number of benzene rings is 3. The van der Waals surface area contributed by atoms with Crippen molar-refractivity contribution in [1.29, 1.82) is 0 Å². The van der Waals surface area contributed by atoms with Crippen molar-refractivity contribution in [2.75, 3.05) is 20.2 Å². The van der Waals surface area contributed by atoms with Crippen molar-refractivity contribution in [3.8, 4) is 11.1 Å². The number of carbonyl (C=O) groups is 3. The van der Waals surface area contributed by atoms with Crippen molar-refractivity contribution < 1.29 is 24.2 Å². The van der Waals surface area contributed by atoms with Gasteiger partial charge in [0, 0.05) is 29.1 Å². The lowest BCUT2D eigenvalue weighted by Gasteiger charge is -2.53. The topological polar surface area (TPSA) is 87.2 Å². The number of hydrazine groups is 1. The average Bonchev–Trinajstić information content (AvgIpc) is 2.96. The fourth-order valence-electron chi connectivity index (χ4n) is 5.66. The molecule has 1 saturated heterocycles. The maximum absolute atomic E-state index is 14.2. The van der Waals surface area contributed by atoms with Crippen molar-refractivity contribution >= 4 is 29.8 Å². The first kappa shape index (κ1) is 30.4. The van der Waals surface area contributed by atoms with Gasteiger partial charge >= 0.3 is 5.97 Å². The number of hydrogen-bond donors (Lipinski definition) is 1. The lowest BCUT2D eigenvalue weighted by molar-refractivity contribution is -0.173. The van der Waals surface area contributed by atoms with Crippen LogP contribution in [0.2, 0.25) is 5.02 Å². The molecule has 41 heavy (non-hydrogen) atoms. The van der Waals surface area contributed by atoms with Gasteiger partial charge < -0.3 is 14.6 Å². The molecule has 0 spiro atoms. The number of methoxy groups -OCH3 is 1. The molecule has 0 unspecified atom stereocenters. The zero-order valence-electron chi connectivity index (χ0n) is 24.1. The predicted octanol–water partition coefficient (Wildman–Crippen LogP) is 5.99. The average molecular weight is 577 g/mol. The number of amides is 1. The van der Waals surface area contributed by atoms with E-state index >= 15 is 0 Å². The molecule has 1 N–H and O–H groups in total. The maximum Gasteiger partial charge on any atom is 0.338 e. The molecule has 4 rings (SSSR count). The van der Waals surface area contributed by atoms with E-state index in [0.717, 1.165) is 11.8 Å². The number of piperidine rings is 1. The summed E-state index contributed by atoms with van der Waals surface area (Å²) in [6.45, 7) is 8.43. The number of aldehydes is 1. The molecule has 1 amide bonds. The van der Waals surface area contributed by atoms with Crippen molar-refractivity contribution in [3.63, 3.8) is 0 Å². The van der Waals surface area contributed by atoms with Crippen molar-refractivity contribution in [3.05, 3.63) is 94.5 Å². The van der Waals surface area contributed by atoms with Gasteiger partial charge in [0.15, 0.2) is 0 Å². The Hall–Kier alpha value is -3.52. The van der Waals surface area contributed by atoms with E-state index in [4.69, 9.17) is 16.3 Å². The summed E-state index contributed by atoms with van der Waals surface area (Å²) in [4.78, 5) is 39.1. The second-order valence-electron chi connectivity index (χ2n) is 11.5. The first-order valence-corrected chi connectivity index (χ1v) is 14.1. The standard InChI is InChI=1S/C33H37ClN2O5/c1-22(2)29(20-37)36(35-18-17-33(40,32(3,4)21-35)25-13-15-26(34)16-14-25)30(38)24-10-8-9-23(19-24)27-11-6-7-12-28(27)31(39)41-5/h6-16,19-20,22,29,40H,17-18,21H2,1-5H3/t29-,33-/m0/s1. The van der Waals surface area contributed by atoms with Gasteiger partial charge in [-0.15, -0.1) is 0 Å². The molecule has 3 aromatic rings. The monoisotopic (exact) mass is 576 g/mol. The normalized spacial score (nSPS) is 19.4. The fraction of sp³-hybridized carbons (Fsp3) is 0.364. The highest BCUT2D eigenvalue weighted by Crippen LogP contribution is 2.47. The van der Waals surface area contributed by atoms with Crippen LogP contribution in [0.1, 0.15) is 60.4 Å². The molecule has 216 valence electrons. The van der Waals surface area contributed by atoms with E-state index in [1.54, 1.807) is 53.5 Å². The Morgan fingerprint density at radius 3 is 2.34 bits per heavy atom. The van der Waals surface area contributed by atoms with Gasteiger partial charge in [0.25, 0.3) is 5.91 Å². The first-order chi connectivity index (χ1) is 19.4. The maximum atomic E-state index is 14.2. The van der Waals surface area contributed by atoms with E-state index in [9.17, 15) is 19.5 Å². The van der Waals surface area contributed by atoms with E-state index in [2.05, 4.69) is 0 Å². The minimum atomic E-state index is -1.16. The number of carbonyl (C=O) groups excluding carboxylic acids is 3. The number of esters is 1. The van der Waals surface area contributed by atoms with Crippen LogP contribution >= 0.6 is 11.6 Å². The van der Waals surface area contributed by atoms with Gasteiger partial charge in [-0.3, -0.25) is 9.80 Å². The molecular weight excluding hydrogens is 540 g/mol. The summed E-state index contributed by atoms with van der Waals surface area (Å²) in [5, 5.41) is 15.9. The third-order valence-corrected chi connectivity index (χ3v) is 8.37. The van der Waals surface area contributed by atoms with Crippen LogP contribution in [0, 0.1) is 11.3 Å². The smallest absolute Gasteiger partial charge is 0.338 e. The fourth-order valence-corrected chi connectivity index (χ4v) is 5.79. The number of rotatable bonds is 8. The summed E-state index contributed by atoms with van der Waals surface area (Å²) >= 11 is 6.10. The van der Waals surface area contributed by atoms with Crippen LogP contribution in [-0.2, 0) is 15.1 Å². The number of aliphatic hydroxyl groups is 1. The SMILES string of the molecule is COC(=O)c1ccccc1-c1cccc(C(=O)N([C@@H](C=O)C(C)C)N2CC[C@](O)(c3ccc(Cl)cc3)C(C)(C)C2)c1. The Bertz CT molecular complexity index is 1420. The number of hydrogen-bond acceptors (Lipinski definition) is 6. The molecule has 0 saturated carbocycles. The lowest BCUT2D eigenvalue weighted by Crippen LogP contribution is -2.63. The highest BCUT2D eigenvalue weighted by Gasteiger charge is 2.51. The highest BCUT2D eigenvalue weighted by molar-refractivity contribution is 6.30. The van der Waals surface area contributed by atoms with Crippen LogP contribution in [0.25, 0.3) is 11.1 Å². The van der Waals surface area contributed by atoms with E-state index in [-0.39, 0.29) is 11.8 Å². The van der Waals surface area contributed by atoms with Gasteiger partial charge in [-0.2, -0.15) is 0 Å². The Morgan fingerprint density at radius 1 is 1.05 bits per heavy atom. The number of nitrogens with zero attached hydrogens (tertiary/aromatic N) is 2. The Labute approximate surface area is 246 Å². The summed E-state index contributed by atoms with van der Waals surface area (Å²) in [5.74, 6) is -0.954. The quantitative estimate of drug-likeness (QED) is 0.262. The van der Waals surface area contributed by atoms with Gasteiger partial charge in [0.2, 0.25) is 0 Å². The van der Waals surface area contributed by atoms with Gasteiger partial charge in [-0.1, -0.05) is 81.8 Å². The van der Waals surface area contributed by atoms with Gasteiger partial charge in [0.05, 0.1) is 18.3 Å². The summed E-state index contributed by atoms with van der Waals surface area (Å²) < 4.78 is 4.95. The molecule has 8 heteroatoms.